The maximum absolute atomic E-state index is 12.7. The fourth-order valence-electron chi connectivity index (χ4n) is 2.22. The van der Waals surface area contributed by atoms with E-state index in [4.69, 9.17) is 20.2 Å². The standard InChI is InChI=1S/C14H17N5O10S2.2Na.2H/c1-14(2,12(23)24)29-18-6(5-4-30-13(15)16-5)9(20)17-7-8(11(22)28-3)19(10(7)21)31(25,26)27;;;;/h4,7-8H,1-3H3,(H2,15,16)(H,17,20)(H,23,24)(H,25,26,27);;;;/q;2*+1;2*-1/b18-6+;;;;/t7-,8-;;;;/m1..../s1. The maximum Gasteiger partial charge on any atom is 1.00 e. The smallest absolute Gasteiger partial charge is 1.00 e. The van der Waals surface area contributed by atoms with Gasteiger partial charge in [-0.25, -0.2) is 14.6 Å². The average Bonchev–Trinajstić information content (AvgIpc) is 3.07. The van der Waals surface area contributed by atoms with E-state index in [1.807, 2.05) is 0 Å². The van der Waals surface area contributed by atoms with Gasteiger partial charge < -0.3 is 28.6 Å². The summed E-state index contributed by atoms with van der Waals surface area (Å²) in [5, 5.41) is 16.0. The average molecular weight is 527 g/mol. The van der Waals surface area contributed by atoms with Crippen LogP contribution in [0.3, 0.4) is 0 Å². The van der Waals surface area contributed by atoms with Gasteiger partial charge in [0.1, 0.15) is 11.7 Å². The summed E-state index contributed by atoms with van der Waals surface area (Å²) in [4.78, 5) is 56.6. The molecule has 33 heavy (non-hydrogen) atoms. The molecule has 1 aromatic heterocycles. The second kappa shape index (κ2) is 11.9. The van der Waals surface area contributed by atoms with Crippen LogP contribution in [0.2, 0.25) is 0 Å². The van der Waals surface area contributed by atoms with E-state index >= 15 is 0 Å². The summed E-state index contributed by atoms with van der Waals surface area (Å²) >= 11 is 0.914. The molecule has 1 aromatic rings. The van der Waals surface area contributed by atoms with Gasteiger partial charge >= 0.3 is 81.4 Å². The molecule has 0 aromatic carbocycles. The van der Waals surface area contributed by atoms with Crippen molar-refractivity contribution in [3.05, 3.63) is 11.1 Å². The van der Waals surface area contributed by atoms with E-state index < -0.39 is 57.5 Å². The maximum atomic E-state index is 12.7. The Bertz CT molecular complexity index is 1090. The minimum Gasteiger partial charge on any atom is -1.00 e. The van der Waals surface area contributed by atoms with Crippen molar-refractivity contribution in [3.8, 4) is 0 Å². The molecule has 0 bridgehead atoms. The first-order valence-electron chi connectivity index (χ1n) is 8.11. The number of esters is 1. The molecule has 2 amide bonds. The molecule has 19 heteroatoms. The molecule has 1 fully saturated rings. The van der Waals surface area contributed by atoms with Crippen molar-refractivity contribution in [2.24, 2.45) is 5.16 Å². The summed E-state index contributed by atoms with van der Waals surface area (Å²) in [6.45, 7) is 2.30. The van der Waals surface area contributed by atoms with Crippen LogP contribution in [0.5, 0.6) is 0 Å². The number of carbonyl (C=O) groups excluding carboxylic acids is 3. The molecule has 1 aliphatic rings. The van der Waals surface area contributed by atoms with Gasteiger partial charge in [0.15, 0.2) is 16.9 Å². The van der Waals surface area contributed by atoms with Gasteiger partial charge in [-0.1, -0.05) is 5.16 Å². The number of methoxy groups -OCH3 is 1. The van der Waals surface area contributed by atoms with Gasteiger partial charge in [0.2, 0.25) is 5.60 Å². The predicted molar refractivity (Wildman–Crippen MR) is 104 cm³/mol. The number of rotatable bonds is 8. The number of ether oxygens (including phenoxy) is 1. The largest absolute Gasteiger partial charge is 1.00 e. The molecule has 15 nitrogen and oxygen atoms in total. The number of carbonyl (C=O) groups is 4. The molecular formula is C14H19N5Na2O10S2. The number of aliphatic carboxylic acids is 1. The van der Waals surface area contributed by atoms with Gasteiger partial charge in [0.25, 0.3) is 11.8 Å². The van der Waals surface area contributed by atoms with Crippen molar-refractivity contribution >= 4 is 56.2 Å². The number of aromatic nitrogens is 1. The van der Waals surface area contributed by atoms with E-state index in [0.717, 1.165) is 32.3 Å². The van der Waals surface area contributed by atoms with E-state index in [0.29, 0.717) is 0 Å². The molecule has 1 aliphatic heterocycles. The van der Waals surface area contributed by atoms with Crippen LogP contribution in [0.15, 0.2) is 10.5 Å². The molecule has 2 atom stereocenters. The Kier molecular flexibility index (Phi) is 11.4. The fraction of sp³-hybridized carbons (Fsp3) is 0.429. The number of nitrogens with zero attached hydrogens (tertiary/aromatic N) is 3. The van der Waals surface area contributed by atoms with Crippen molar-refractivity contribution < 1.29 is 109 Å². The third-order valence-electron chi connectivity index (χ3n) is 3.89. The van der Waals surface area contributed by atoms with Crippen molar-refractivity contribution in [2.75, 3.05) is 12.8 Å². The molecule has 2 heterocycles. The van der Waals surface area contributed by atoms with Gasteiger partial charge in [-0.2, -0.15) is 12.7 Å². The summed E-state index contributed by atoms with van der Waals surface area (Å²) in [7, 11) is -4.21. The zero-order valence-electron chi connectivity index (χ0n) is 20.1. The topological polar surface area (TPSA) is 228 Å². The molecule has 174 valence electrons. The molecule has 1 saturated heterocycles. The van der Waals surface area contributed by atoms with E-state index in [-0.39, 0.29) is 77.1 Å². The molecule has 0 spiro atoms. The van der Waals surface area contributed by atoms with Crippen molar-refractivity contribution in [3.63, 3.8) is 0 Å². The Labute approximate surface area is 238 Å². The minimum atomic E-state index is -5.11. The number of carboxylic acid groups (broad SMARTS) is 1. The Morgan fingerprint density at radius 3 is 2.36 bits per heavy atom. The van der Waals surface area contributed by atoms with Crippen LogP contribution in [-0.4, -0.2) is 81.6 Å². The van der Waals surface area contributed by atoms with E-state index in [1.165, 1.54) is 5.38 Å². The first-order valence-corrected chi connectivity index (χ1v) is 10.4. The van der Waals surface area contributed by atoms with Crippen LogP contribution in [0.4, 0.5) is 5.13 Å². The van der Waals surface area contributed by atoms with Crippen molar-refractivity contribution in [2.45, 2.75) is 31.5 Å². The Morgan fingerprint density at radius 1 is 1.36 bits per heavy atom. The fourth-order valence-corrected chi connectivity index (χ4v) is 3.61. The molecular weight excluding hydrogens is 508 g/mol. The SMILES string of the molecule is COC(=O)[C@H]1[C@@H](NC(=O)/C(=N/OC(C)(C)C(=O)O)c2csc(N)n2)C(=O)N1S(=O)(=O)O.[H-].[H-].[Na+].[Na+]. The quantitative estimate of drug-likeness (QED) is 0.0617. The van der Waals surface area contributed by atoms with Gasteiger partial charge in [0, 0.05) is 5.38 Å². The Hall–Kier alpha value is -1.31. The number of amides is 2. The van der Waals surface area contributed by atoms with Gasteiger partial charge in [-0.3, -0.25) is 14.1 Å². The molecule has 0 unspecified atom stereocenters. The molecule has 0 radical (unpaired) electrons. The third-order valence-corrected chi connectivity index (χ3v) is 5.47. The van der Waals surface area contributed by atoms with Crippen molar-refractivity contribution in [1.82, 2.24) is 14.6 Å². The van der Waals surface area contributed by atoms with E-state index in [9.17, 15) is 27.6 Å². The predicted octanol–water partition coefficient (Wildman–Crippen LogP) is -7.79. The number of hydrogen-bond donors (Lipinski definition) is 4. The summed E-state index contributed by atoms with van der Waals surface area (Å²) in [6.07, 6.45) is 0. The molecule has 0 aliphatic carbocycles. The van der Waals surface area contributed by atoms with Crippen LogP contribution in [0.1, 0.15) is 22.4 Å². The van der Waals surface area contributed by atoms with Crippen LogP contribution in [0, 0.1) is 0 Å². The number of oxime groups is 1. The van der Waals surface area contributed by atoms with Crippen LogP contribution in [-0.2, 0) is 39.1 Å². The van der Waals surface area contributed by atoms with E-state index in [2.05, 4.69) is 20.2 Å². The zero-order valence-corrected chi connectivity index (χ0v) is 23.8. The third kappa shape index (κ3) is 7.09. The Balaban J connectivity index is -0.00000256. The Morgan fingerprint density at radius 2 is 1.94 bits per heavy atom. The molecule has 5 N–H and O–H groups in total. The summed E-state index contributed by atoms with van der Waals surface area (Å²) in [5.74, 6) is -5.14. The number of nitrogens with two attached hydrogens (primary N) is 1. The number of nitrogen functional groups attached to an aromatic ring is 1. The first kappa shape index (κ1) is 31.7. The number of anilines is 1. The van der Waals surface area contributed by atoms with Crippen LogP contribution < -0.4 is 70.2 Å². The second-order valence-corrected chi connectivity index (χ2v) is 8.63. The van der Waals surface area contributed by atoms with Crippen LogP contribution in [0.25, 0.3) is 0 Å². The number of hydrogen-bond acceptors (Lipinski definition) is 12. The normalized spacial score (nSPS) is 18.2. The summed E-state index contributed by atoms with van der Waals surface area (Å²) < 4.78 is 36.0. The monoisotopic (exact) mass is 527 g/mol. The van der Waals surface area contributed by atoms with Gasteiger partial charge in [-0.15, -0.1) is 11.3 Å². The number of nitrogens with one attached hydrogen (secondary N) is 1. The summed E-state index contributed by atoms with van der Waals surface area (Å²) in [6, 6.07) is -3.62. The minimum absolute atomic E-state index is 0. The van der Waals surface area contributed by atoms with Crippen molar-refractivity contribution in [1.29, 1.82) is 0 Å². The van der Waals surface area contributed by atoms with E-state index in [1.54, 1.807) is 0 Å². The van der Waals surface area contributed by atoms with Gasteiger partial charge in [-0.05, 0) is 13.8 Å². The zero-order chi connectivity index (χ0) is 23.7. The summed E-state index contributed by atoms with van der Waals surface area (Å²) in [5.41, 5.74) is 2.92. The second-order valence-electron chi connectivity index (χ2n) is 6.45. The molecule has 2 rings (SSSR count). The molecule has 0 saturated carbocycles. The first-order chi connectivity index (χ1) is 14.2. The van der Waals surface area contributed by atoms with Crippen LogP contribution >= 0.6 is 11.3 Å². The number of β-lactam (4-membered cyclic amide) rings is 1. The number of carboxylic acids is 1. The van der Waals surface area contributed by atoms with Gasteiger partial charge in [0.05, 0.1) is 7.11 Å². The number of thiazole rings is 1.